The van der Waals surface area contributed by atoms with Crippen LogP contribution in [-0.4, -0.2) is 43.0 Å². The predicted molar refractivity (Wildman–Crippen MR) is 87.1 cm³/mol. The van der Waals surface area contributed by atoms with Crippen LogP contribution in [0, 0.1) is 5.41 Å². The average Bonchev–Trinajstić information content (AvgIpc) is 2.50. The van der Waals surface area contributed by atoms with Crippen molar-refractivity contribution in [1.82, 2.24) is 10.2 Å². The lowest BCUT2D eigenvalue weighted by Gasteiger charge is -2.37. The van der Waals surface area contributed by atoms with Crippen molar-refractivity contribution in [1.29, 1.82) is 0 Å². The molecule has 0 unspecified atom stereocenters. The maximum atomic E-state index is 12.4. The number of amides is 1. The average molecular weight is 295 g/mol. The van der Waals surface area contributed by atoms with E-state index in [1.807, 2.05) is 0 Å². The Kier molecular flexibility index (Phi) is 6.49. The molecule has 0 aromatic heterocycles. The van der Waals surface area contributed by atoms with E-state index in [-0.39, 0.29) is 11.3 Å². The van der Waals surface area contributed by atoms with Gasteiger partial charge in [0, 0.05) is 25.6 Å². The normalized spacial score (nSPS) is 23.9. The van der Waals surface area contributed by atoms with E-state index >= 15 is 0 Å². The molecule has 0 radical (unpaired) electrons. The lowest BCUT2D eigenvalue weighted by Crippen LogP contribution is -2.46. The van der Waals surface area contributed by atoms with Gasteiger partial charge in [0.25, 0.3) is 0 Å². The first kappa shape index (κ1) is 16.8. The van der Waals surface area contributed by atoms with Crippen LogP contribution < -0.4 is 11.1 Å². The standard InChI is InChI=1S/C17H33N3O/c1-2-10-20-11-6-15(7-12-20)19-16(21)13-17(14-18)8-4-3-5-9-17/h15H,2-14,18H2,1H3,(H,19,21). The van der Waals surface area contributed by atoms with Crippen molar-refractivity contribution in [3.8, 4) is 0 Å². The van der Waals surface area contributed by atoms with Gasteiger partial charge in [-0.15, -0.1) is 0 Å². The van der Waals surface area contributed by atoms with Crippen LogP contribution in [0.4, 0.5) is 0 Å². The van der Waals surface area contributed by atoms with Crippen molar-refractivity contribution in [3.05, 3.63) is 0 Å². The van der Waals surface area contributed by atoms with Crippen LogP contribution in [0.15, 0.2) is 0 Å². The SMILES string of the molecule is CCCN1CCC(NC(=O)CC2(CN)CCCCC2)CC1. The number of hydrogen-bond acceptors (Lipinski definition) is 3. The van der Waals surface area contributed by atoms with Gasteiger partial charge in [-0.3, -0.25) is 4.79 Å². The maximum absolute atomic E-state index is 12.4. The summed E-state index contributed by atoms with van der Waals surface area (Å²) in [6.07, 6.45) is 10.1. The molecule has 122 valence electrons. The van der Waals surface area contributed by atoms with Crippen LogP contribution in [0.1, 0.15) is 64.7 Å². The van der Waals surface area contributed by atoms with E-state index in [1.165, 1.54) is 32.2 Å². The molecule has 2 aliphatic rings. The van der Waals surface area contributed by atoms with Crippen molar-refractivity contribution in [2.24, 2.45) is 11.1 Å². The van der Waals surface area contributed by atoms with E-state index < -0.39 is 0 Å². The Balaban J connectivity index is 1.74. The Morgan fingerprint density at radius 3 is 2.48 bits per heavy atom. The van der Waals surface area contributed by atoms with Crippen LogP contribution in [0.25, 0.3) is 0 Å². The molecule has 1 amide bonds. The van der Waals surface area contributed by atoms with Crippen molar-refractivity contribution < 1.29 is 4.79 Å². The van der Waals surface area contributed by atoms with Gasteiger partial charge in [-0.05, 0) is 50.6 Å². The van der Waals surface area contributed by atoms with Gasteiger partial charge in [-0.25, -0.2) is 0 Å². The minimum absolute atomic E-state index is 0.0885. The fourth-order valence-electron chi connectivity index (χ4n) is 3.99. The molecule has 0 bridgehead atoms. The van der Waals surface area contributed by atoms with Gasteiger partial charge in [-0.1, -0.05) is 26.2 Å². The molecule has 1 aliphatic heterocycles. The van der Waals surface area contributed by atoms with Gasteiger partial charge < -0.3 is 16.0 Å². The van der Waals surface area contributed by atoms with Crippen molar-refractivity contribution in [2.75, 3.05) is 26.2 Å². The highest BCUT2D eigenvalue weighted by molar-refractivity contribution is 5.77. The molecule has 1 saturated heterocycles. The summed E-state index contributed by atoms with van der Waals surface area (Å²) in [5.41, 5.74) is 6.07. The van der Waals surface area contributed by atoms with Gasteiger partial charge in [-0.2, -0.15) is 0 Å². The first-order chi connectivity index (χ1) is 10.2. The second kappa shape index (κ2) is 8.14. The van der Waals surface area contributed by atoms with Crippen molar-refractivity contribution in [2.45, 2.75) is 70.8 Å². The summed E-state index contributed by atoms with van der Waals surface area (Å²) >= 11 is 0. The highest BCUT2D eigenvalue weighted by Gasteiger charge is 2.33. The predicted octanol–water partition coefficient (Wildman–Crippen LogP) is 2.28. The Hall–Kier alpha value is -0.610. The zero-order chi connectivity index (χ0) is 15.1. The molecule has 4 nitrogen and oxygen atoms in total. The lowest BCUT2D eigenvalue weighted by molar-refractivity contribution is -0.124. The largest absolute Gasteiger partial charge is 0.353 e. The molecule has 0 aromatic rings. The Morgan fingerprint density at radius 2 is 1.90 bits per heavy atom. The smallest absolute Gasteiger partial charge is 0.220 e. The van der Waals surface area contributed by atoms with E-state index in [0.29, 0.717) is 19.0 Å². The first-order valence-corrected chi connectivity index (χ1v) is 8.89. The Labute approximate surface area is 129 Å². The third-order valence-electron chi connectivity index (χ3n) is 5.38. The third-order valence-corrected chi connectivity index (χ3v) is 5.38. The molecule has 2 rings (SSSR count). The molecule has 1 aliphatic carbocycles. The number of rotatable bonds is 6. The van der Waals surface area contributed by atoms with Crippen LogP contribution in [-0.2, 0) is 4.79 Å². The summed E-state index contributed by atoms with van der Waals surface area (Å²) in [4.78, 5) is 14.9. The number of carbonyl (C=O) groups is 1. The number of nitrogens with zero attached hydrogens (tertiary/aromatic N) is 1. The molecule has 3 N–H and O–H groups in total. The van der Waals surface area contributed by atoms with E-state index in [0.717, 1.165) is 38.8 Å². The molecular weight excluding hydrogens is 262 g/mol. The van der Waals surface area contributed by atoms with E-state index in [9.17, 15) is 4.79 Å². The monoisotopic (exact) mass is 295 g/mol. The van der Waals surface area contributed by atoms with Gasteiger partial charge in [0.15, 0.2) is 0 Å². The summed E-state index contributed by atoms with van der Waals surface area (Å²) in [6, 6.07) is 0.379. The number of nitrogens with one attached hydrogen (secondary N) is 1. The highest BCUT2D eigenvalue weighted by atomic mass is 16.1. The molecular formula is C17H33N3O. The number of likely N-dealkylation sites (tertiary alicyclic amines) is 1. The quantitative estimate of drug-likeness (QED) is 0.790. The molecule has 0 aromatic carbocycles. The van der Waals surface area contributed by atoms with Crippen LogP contribution >= 0.6 is 0 Å². The molecule has 0 spiro atoms. The third kappa shape index (κ3) is 4.96. The lowest BCUT2D eigenvalue weighted by atomic mass is 9.71. The minimum Gasteiger partial charge on any atom is -0.353 e. The molecule has 21 heavy (non-hydrogen) atoms. The van der Waals surface area contributed by atoms with Gasteiger partial charge >= 0.3 is 0 Å². The summed E-state index contributed by atoms with van der Waals surface area (Å²) in [7, 11) is 0. The topological polar surface area (TPSA) is 58.4 Å². The number of carbonyl (C=O) groups excluding carboxylic acids is 1. The molecule has 4 heteroatoms. The summed E-state index contributed by atoms with van der Waals surface area (Å²) in [5, 5.41) is 3.27. The van der Waals surface area contributed by atoms with Crippen LogP contribution in [0.5, 0.6) is 0 Å². The number of piperidine rings is 1. The fraction of sp³-hybridized carbons (Fsp3) is 0.941. The van der Waals surface area contributed by atoms with Crippen molar-refractivity contribution >= 4 is 5.91 Å². The Morgan fingerprint density at radius 1 is 1.24 bits per heavy atom. The number of nitrogens with two attached hydrogens (primary N) is 1. The second-order valence-electron chi connectivity index (χ2n) is 7.12. The van der Waals surface area contributed by atoms with Gasteiger partial charge in [0.1, 0.15) is 0 Å². The minimum atomic E-state index is 0.0885. The number of hydrogen-bond donors (Lipinski definition) is 2. The zero-order valence-corrected chi connectivity index (χ0v) is 13.7. The summed E-state index contributed by atoms with van der Waals surface area (Å²) in [6.45, 7) is 6.33. The van der Waals surface area contributed by atoms with E-state index in [1.54, 1.807) is 0 Å². The van der Waals surface area contributed by atoms with Crippen LogP contribution in [0.3, 0.4) is 0 Å². The van der Waals surface area contributed by atoms with E-state index in [2.05, 4.69) is 17.1 Å². The van der Waals surface area contributed by atoms with Gasteiger partial charge in [0.05, 0.1) is 0 Å². The molecule has 1 heterocycles. The Bertz CT molecular complexity index is 318. The van der Waals surface area contributed by atoms with Gasteiger partial charge in [0.2, 0.25) is 5.91 Å². The van der Waals surface area contributed by atoms with Crippen molar-refractivity contribution in [3.63, 3.8) is 0 Å². The zero-order valence-electron chi connectivity index (χ0n) is 13.7. The molecule has 0 atom stereocenters. The molecule has 1 saturated carbocycles. The molecule has 2 fully saturated rings. The van der Waals surface area contributed by atoms with Crippen LogP contribution in [0.2, 0.25) is 0 Å². The maximum Gasteiger partial charge on any atom is 0.220 e. The summed E-state index contributed by atoms with van der Waals surface area (Å²) < 4.78 is 0. The second-order valence-corrected chi connectivity index (χ2v) is 7.12. The van der Waals surface area contributed by atoms with E-state index in [4.69, 9.17) is 5.73 Å². The highest BCUT2D eigenvalue weighted by Crippen LogP contribution is 2.38. The fourth-order valence-corrected chi connectivity index (χ4v) is 3.99. The first-order valence-electron chi connectivity index (χ1n) is 8.89. The summed E-state index contributed by atoms with van der Waals surface area (Å²) in [5.74, 6) is 0.233.